The number of nitrogens with two attached hydrogens (primary N) is 1. The number of aromatic nitrogens is 1. The predicted octanol–water partition coefficient (Wildman–Crippen LogP) is 5.73. The zero-order chi connectivity index (χ0) is 17.0. The highest BCUT2D eigenvalue weighted by Gasteiger charge is 2.18. The molecule has 0 bridgehead atoms. The maximum Gasteiger partial charge on any atom is 0.0460 e. The lowest BCUT2D eigenvalue weighted by molar-refractivity contribution is 0.628. The van der Waals surface area contributed by atoms with Gasteiger partial charge in [-0.05, 0) is 54.7 Å². The first-order chi connectivity index (χ1) is 11.0. The van der Waals surface area contributed by atoms with Crippen LogP contribution >= 0.6 is 36.6 Å². The van der Waals surface area contributed by atoms with E-state index in [4.69, 9.17) is 10.7 Å². The standard InChI is InChI=1S/C20H28N2S.2ClH/c1-13(2)10-19-17(11-21)20(16-8-6-14(3)7-9-16)18(12-23-5)15(4)22-19;;/h6-9,13H,10-12,21H2,1-5H3;2*1H. The fraction of sp³-hybridized carbons (Fsp3) is 0.450. The summed E-state index contributed by atoms with van der Waals surface area (Å²) in [5.74, 6) is 1.54. The molecule has 0 aliphatic heterocycles. The first-order valence-corrected chi connectivity index (χ1v) is 9.64. The van der Waals surface area contributed by atoms with Crippen LogP contribution in [0.1, 0.15) is 41.9 Å². The van der Waals surface area contributed by atoms with Gasteiger partial charge in [0.2, 0.25) is 0 Å². The Morgan fingerprint density at radius 2 is 1.64 bits per heavy atom. The Morgan fingerprint density at radius 3 is 2.12 bits per heavy atom. The van der Waals surface area contributed by atoms with Gasteiger partial charge < -0.3 is 5.73 Å². The van der Waals surface area contributed by atoms with E-state index < -0.39 is 0 Å². The number of hydrogen-bond acceptors (Lipinski definition) is 3. The van der Waals surface area contributed by atoms with E-state index in [-0.39, 0.29) is 24.8 Å². The van der Waals surface area contributed by atoms with Crippen molar-refractivity contribution in [2.75, 3.05) is 6.26 Å². The molecule has 1 aromatic carbocycles. The molecule has 140 valence electrons. The third-order valence-electron chi connectivity index (χ3n) is 4.13. The van der Waals surface area contributed by atoms with E-state index in [1.165, 1.54) is 33.5 Å². The van der Waals surface area contributed by atoms with Crippen molar-refractivity contribution in [3.05, 3.63) is 52.3 Å². The quantitative estimate of drug-likeness (QED) is 0.672. The molecule has 2 aromatic rings. The molecule has 0 unspecified atom stereocenters. The molecule has 1 heterocycles. The molecule has 0 fully saturated rings. The van der Waals surface area contributed by atoms with Gasteiger partial charge in [-0.3, -0.25) is 4.98 Å². The molecule has 0 aliphatic rings. The van der Waals surface area contributed by atoms with E-state index in [2.05, 4.69) is 58.2 Å². The number of aryl methyl sites for hydroxylation is 2. The van der Waals surface area contributed by atoms with Gasteiger partial charge in [-0.15, -0.1) is 24.8 Å². The average molecular weight is 401 g/mol. The number of pyridine rings is 1. The molecule has 25 heavy (non-hydrogen) atoms. The molecule has 1 aromatic heterocycles. The van der Waals surface area contributed by atoms with Crippen LogP contribution in [0.25, 0.3) is 11.1 Å². The van der Waals surface area contributed by atoms with Crippen LogP contribution in [0.15, 0.2) is 24.3 Å². The Balaban J connectivity index is 0.00000288. The maximum atomic E-state index is 6.16. The molecule has 0 spiro atoms. The van der Waals surface area contributed by atoms with E-state index in [0.29, 0.717) is 12.5 Å². The molecule has 0 saturated carbocycles. The lowest BCUT2D eigenvalue weighted by Crippen LogP contribution is -2.12. The maximum absolute atomic E-state index is 6.16. The number of thioether (sulfide) groups is 1. The topological polar surface area (TPSA) is 38.9 Å². The van der Waals surface area contributed by atoms with E-state index in [1.54, 1.807) is 0 Å². The summed E-state index contributed by atoms with van der Waals surface area (Å²) in [7, 11) is 0. The van der Waals surface area contributed by atoms with Gasteiger partial charge in [0, 0.05) is 23.7 Å². The summed E-state index contributed by atoms with van der Waals surface area (Å²) in [6.45, 7) is 9.27. The molecule has 0 radical (unpaired) electrons. The van der Waals surface area contributed by atoms with Gasteiger partial charge in [0.05, 0.1) is 0 Å². The second-order valence-electron chi connectivity index (χ2n) is 6.58. The summed E-state index contributed by atoms with van der Waals surface area (Å²) in [5.41, 5.74) is 14.9. The Kier molecular flexibility index (Phi) is 10.7. The molecule has 2 nitrogen and oxygen atoms in total. The Hall–Kier alpha value is -0.740. The number of halogens is 2. The van der Waals surface area contributed by atoms with Gasteiger partial charge in [-0.1, -0.05) is 43.7 Å². The largest absolute Gasteiger partial charge is 0.326 e. The van der Waals surface area contributed by atoms with Crippen LogP contribution < -0.4 is 5.73 Å². The minimum absolute atomic E-state index is 0. The molecule has 2 rings (SSSR count). The second kappa shape index (κ2) is 11.1. The monoisotopic (exact) mass is 400 g/mol. The van der Waals surface area contributed by atoms with Crippen LogP contribution in [0.5, 0.6) is 0 Å². The Labute approximate surface area is 169 Å². The van der Waals surface area contributed by atoms with Gasteiger partial charge in [0.1, 0.15) is 0 Å². The van der Waals surface area contributed by atoms with Crippen LogP contribution in [0.4, 0.5) is 0 Å². The van der Waals surface area contributed by atoms with Gasteiger partial charge in [-0.2, -0.15) is 11.8 Å². The first-order valence-electron chi connectivity index (χ1n) is 8.25. The summed E-state index contributed by atoms with van der Waals surface area (Å²) < 4.78 is 0. The summed E-state index contributed by atoms with van der Waals surface area (Å²) in [6.07, 6.45) is 3.12. The third-order valence-corrected chi connectivity index (χ3v) is 4.70. The third kappa shape index (κ3) is 5.89. The molecule has 0 saturated heterocycles. The van der Waals surface area contributed by atoms with Crippen molar-refractivity contribution < 1.29 is 0 Å². The van der Waals surface area contributed by atoms with Crippen molar-refractivity contribution in [3.8, 4) is 11.1 Å². The summed E-state index contributed by atoms with van der Waals surface area (Å²) >= 11 is 1.84. The fourth-order valence-corrected chi connectivity index (χ4v) is 3.65. The highest BCUT2D eigenvalue weighted by atomic mass is 35.5. The zero-order valence-electron chi connectivity index (χ0n) is 15.8. The SMILES string of the molecule is CSCc1c(C)nc(CC(C)C)c(CN)c1-c1ccc(C)cc1.Cl.Cl. The van der Waals surface area contributed by atoms with Crippen molar-refractivity contribution in [2.45, 2.75) is 46.4 Å². The van der Waals surface area contributed by atoms with Crippen LogP contribution in [-0.4, -0.2) is 11.2 Å². The van der Waals surface area contributed by atoms with E-state index in [0.717, 1.165) is 17.9 Å². The minimum Gasteiger partial charge on any atom is -0.326 e. The number of hydrogen-bond donors (Lipinski definition) is 1. The predicted molar refractivity (Wildman–Crippen MR) is 117 cm³/mol. The molecule has 0 aliphatic carbocycles. The van der Waals surface area contributed by atoms with E-state index in [1.807, 2.05) is 11.8 Å². The zero-order valence-corrected chi connectivity index (χ0v) is 18.2. The van der Waals surface area contributed by atoms with Crippen molar-refractivity contribution in [2.24, 2.45) is 11.7 Å². The molecule has 0 atom stereocenters. The minimum atomic E-state index is 0. The highest BCUT2D eigenvalue weighted by molar-refractivity contribution is 7.97. The lowest BCUT2D eigenvalue weighted by atomic mass is 9.90. The molecule has 0 amide bonds. The summed E-state index contributed by atoms with van der Waals surface area (Å²) in [6, 6.07) is 8.78. The average Bonchev–Trinajstić information content (AvgIpc) is 2.50. The number of benzene rings is 1. The van der Waals surface area contributed by atoms with Gasteiger partial charge in [-0.25, -0.2) is 0 Å². The molecular formula is C20H30Cl2N2S. The van der Waals surface area contributed by atoms with Crippen LogP contribution in [-0.2, 0) is 18.7 Å². The van der Waals surface area contributed by atoms with E-state index in [9.17, 15) is 0 Å². The normalized spacial score (nSPS) is 10.4. The van der Waals surface area contributed by atoms with Gasteiger partial charge in [0.15, 0.2) is 0 Å². The number of nitrogens with zero attached hydrogens (tertiary/aromatic N) is 1. The van der Waals surface area contributed by atoms with Crippen molar-refractivity contribution in [1.82, 2.24) is 4.98 Å². The Morgan fingerprint density at radius 1 is 1.04 bits per heavy atom. The summed E-state index contributed by atoms with van der Waals surface area (Å²) in [5, 5.41) is 0. The number of rotatable bonds is 6. The van der Waals surface area contributed by atoms with Crippen molar-refractivity contribution in [1.29, 1.82) is 0 Å². The van der Waals surface area contributed by atoms with Crippen LogP contribution in [0, 0.1) is 19.8 Å². The summed E-state index contributed by atoms with van der Waals surface area (Å²) in [4.78, 5) is 4.91. The van der Waals surface area contributed by atoms with Crippen molar-refractivity contribution >= 4 is 36.6 Å². The first kappa shape index (κ1) is 24.3. The smallest absolute Gasteiger partial charge is 0.0460 e. The Bertz CT molecular complexity index is 670. The molecule has 2 N–H and O–H groups in total. The van der Waals surface area contributed by atoms with Crippen LogP contribution in [0.3, 0.4) is 0 Å². The second-order valence-corrected chi connectivity index (χ2v) is 7.44. The fourth-order valence-electron chi connectivity index (χ4n) is 3.01. The van der Waals surface area contributed by atoms with E-state index >= 15 is 0 Å². The lowest BCUT2D eigenvalue weighted by Gasteiger charge is -2.20. The van der Waals surface area contributed by atoms with Crippen LogP contribution in [0.2, 0.25) is 0 Å². The molecular weight excluding hydrogens is 371 g/mol. The van der Waals surface area contributed by atoms with Gasteiger partial charge >= 0.3 is 0 Å². The highest BCUT2D eigenvalue weighted by Crippen LogP contribution is 2.34. The van der Waals surface area contributed by atoms with Gasteiger partial charge in [0.25, 0.3) is 0 Å². The van der Waals surface area contributed by atoms with Crippen molar-refractivity contribution in [3.63, 3.8) is 0 Å². The molecule has 5 heteroatoms.